The summed E-state index contributed by atoms with van der Waals surface area (Å²) < 4.78 is 10.8. The first-order valence-electron chi connectivity index (χ1n) is 4.49. The minimum absolute atomic E-state index is 0.0969. The number of rotatable bonds is 2. The van der Waals surface area contributed by atoms with Gasteiger partial charge in [-0.25, -0.2) is 9.97 Å². The molecule has 14 heavy (non-hydrogen) atoms. The van der Waals surface area contributed by atoms with Gasteiger partial charge in [0.1, 0.15) is 17.6 Å². The molecule has 76 valence electrons. The number of hydrogen-bond acceptors (Lipinski definition) is 4. The maximum atomic E-state index is 5.84. The van der Waals surface area contributed by atoms with Crippen molar-refractivity contribution >= 4 is 11.6 Å². The van der Waals surface area contributed by atoms with Crippen LogP contribution in [-0.4, -0.2) is 29.3 Å². The molecule has 0 spiro atoms. The van der Waals surface area contributed by atoms with Gasteiger partial charge in [-0.05, 0) is 6.92 Å². The Morgan fingerprint density at radius 3 is 3.14 bits per heavy atom. The third-order valence-corrected chi connectivity index (χ3v) is 2.52. The van der Waals surface area contributed by atoms with Gasteiger partial charge >= 0.3 is 0 Å². The molecule has 0 bridgehead atoms. The Hall–Kier alpha value is -0.870. The second-order valence-corrected chi connectivity index (χ2v) is 3.56. The summed E-state index contributed by atoms with van der Waals surface area (Å²) in [6, 6.07) is 0. The minimum Gasteiger partial charge on any atom is -0.471 e. The zero-order valence-corrected chi connectivity index (χ0v) is 8.62. The van der Waals surface area contributed by atoms with Crippen molar-refractivity contribution in [3.8, 4) is 5.88 Å². The molecule has 4 nitrogen and oxygen atoms in total. The van der Waals surface area contributed by atoms with Gasteiger partial charge in [-0.2, -0.15) is 0 Å². The molecule has 0 amide bonds. The normalized spacial score (nSPS) is 21.1. The van der Waals surface area contributed by atoms with Crippen molar-refractivity contribution in [2.24, 2.45) is 0 Å². The highest BCUT2D eigenvalue weighted by atomic mass is 35.5. The lowest BCUT2D eigenvalue weighted by molar-refractivity contribution is 0.137. The van der Waals surface area contributed by atoms with Gasteiger partial charge < -0.3 is 9.47 Å². The van der Waals surface area contributed by atoms with Crippen LogP contribution in [0.25, 0.3) is 0 Å². The Bertz CT molecular complexity index is 327. The molecule has 0 saturated carbocycles. The molecule has 1 aromatic heterocycles. The number of halogens is 1. The Morgan fingerprint density at radius 2 is 2.43 bits per heavy atom. The highest BCUT2D eigenvalue weighted by Crippen LogP contribution is 2.22. The standard InChI is InChI=1S/C9H11ClN2O2/c1-6-8(10)11-5-12-9(6)14-7-2-3-13-4-7/h5,7H,2-4H2,1H3. The first-order chi connectivity index (χ1) is 6.77. The number of aromatic nitrogens is 2. The van der Waals surface area contributed by atoms with Crippen LogP contribution in [0.15, 0.2) is 6.33 Å². The van der Waals surface area contributed by atoms with Crippen molar-refractivity contribution in [3.63, 3.8) is 0 Å². The van der Waals surface area contributed by atoms with Crippen LogP contribution < -0.4 is 4.74 Å². The molecule has 0 aromatic carbocycles. The quantitative estimate of drug-likeness (QED) is 0.702. The van der Waals surface area contributed by atoms with E-state index in [-0.39, 0.29) is 6.10 Å². The van der Waals surface area contributed by atoms with E-state index in [1.807, 2.05) is 6.92 Å². The summed E-state index contributed by atoms with van der Waals surface area (Å²) >= 11 is 5.84. The molecular weight excluding hydrogens is 204 g/mol. The Morgan fingerprint density at radius 1 is 1.57 bits per heavy atom. The van der Waals surface area contributed by atoms with E-state index in [0.717, 1.165) is 18.6 Å². The maximum Gasteiger partial charge on any atom is 0.221 e. The third-order valence-electron chi connectivity index (χ3n) is 2.14. The van der Waals surface area contributed by atoms with Crippen molar-refractivity contribution < 1.29 is 9.47 Å². The van der Waals surface area contributed by atoms with Crippen LogP contribution in [-0.2, 0) is 4.74 Å². The Balaban J connectivity index is 2.11. The predicted molar refractivity (Wildman–Crippen MR) is 51.6 cm³/mol. The summed E-state index contributed by atoms with van der Waals surface area (Å²) in [5.74, 6) is 0.556. The molecule has 1 unspecified atom stereocenters. The second-order valence-electron chi connectivity index (χ2n) is 3.20. The molecule has 5 heteroatoms. The second kappa shape index (κ2) is 4.11. The van der Waals surface area contributed by atoms with Crippen LogP contribution in [0.1, 0.15) is 12.0 Å². The van der Waals surface area contributed by atoms with Gasteiger partial charge in [-0.15, -0.1) is 0 Å². The van der Waals surface area contributed by atoms with Gasteiger partial charge in [-0.3, -0.25) is 0 Å². The molecular formula is C9H11ClN2O2. The highest BCUT2D eigenvalue weighted by Gasteiger charge is 2.19. The lowest BCUT2D eigenvalue weighted by Gasteiger charge is -2.12. The van der Waals surface area contributed by atoms with Gasteiger partial charge in [0.2, 0.25) is 5.88 Å². The SMILES string of the molecule is Cc1c(Cl)ncnc1OC1CCOC1. The van der Waals surface area contributed by atoms with Crippen LogP contribution in [0.3, 0.4) is 0 Å². The van der Waals surface area contributed by atoms with E-state index < -0.39 is 0 Å². The van der Waals surface area contributed by atoms with E-state index in [4.69, 9.17) is 21.1 Å². The highest BCUT2D eigenvalue weighted by molar-refractivity contribution is 6.30. The largest absolute Gasteiger partial charge is 0.471 e. The van der Waals surface area contributed by atoms with E-state index >= 15 is 0 Å². The van der Waals surface area contributed by atoms with E-state index in [1.54, 1.807) is 0 Å². The average molecular weight is 215 g/mol. The minimum atomic E-state index is 0.0969. The summed E-state index contributed by atoms with van der Waals surface area (Å²) in [5, 5.41) is 0.439. The summed E-state index contributed by atoms with van der Waals surface area (Å²) in [6.07, 6.45) is 2.40. The fourth-order valence-electron chi connectivity index (χ4n) is 1.30. The monoisotopic (exact) mass is 214 g/mol. The fraction of sp³-hybridized carbons (Fsp3) is 0.556. The van der Waals surface area contributed by atoms with Gasteiger partial charge in [0.25, 0.3) is 0 Å². The fourth-order valence-corrected chi connectivity index (χ4v) is 1.42. The van der Waals surface area contributed by atoms with E-state index in [9.17, 15) is 0 Å². The lowest BCUT2D eigenvalue weighted by atomic mass is 10.3. The van der Waals surface area contributed by atoms with Gasteiger partial charge in [0.15, 0.2) is 0 Å². The first kappa shape index (κ1) is 9.68. The van der Waals surface area contributed by atoms with Crippen molar-refractivity contribution in [1.29, 1.82) is 0 Å². The molecule has 2 rings (SSSR count). The molecule has 0 N–H and O–H groups in total. The zero-order valence-electron chi connectivity index (χ0n) is 7.86. The van der Waals surface area contributed by atoms with E-state index in [1.165, 1.54) is 6.33 Å². The molecule has 1 fully saturated rings. The van der Waals surface area contributed by atoms with Crippen molar-refractivity contribution in [2.75, 3.05) is 13.2 Å². The molecule has 1 atom stereocenters. The first-order valence-corrected chi connectivity index (χ1v) is 4.86. The van der Waals surface area contributed by atoms with Crippen LogP contribution in [0.2, 0.25) is 5.15 Å². The molecule has 2 heterocycles. The van der Waals surface area contributed by atoms with Crippen LogP contribution in [0, 0.1) is 6.92 Å². The summed E-state index contributed by atoms with van der Waals surface area (Å²) in [6.45, 7) is 3.22. The van der Waals surface area contributed by atoms with Crippen molar-refractivity contribution in [2.45, 2.75) is 19.4 Å². The van der Waals surface area contributed by atoms with Gasteiger partial charge in [-0.1, -0.05) is 11.6 Å². The zero-order chi connectivity index (χ0) is 9.97. The van der Waals surface area contributed by atoms with Gasteiger partial charge in [0, 0.05) is 12.0 Å². The molecule has 0 aliphatic carbocycles. The molecule has 1 aliphatic rings. The van der Waals surface area contributed by atoms with E-state index in [0.29, 0.717) is 17.6 Å². The van der Waals surface area contributed by atoms with Gasteiger partial charge in [0.05, 0.1) is 13.2 Å². The van der Waals surface area contributed by atoms with Crippen molar-refractivity contribution in [3.05, 3.63) is 17.0 Å². The summed E-state index contributed by atoms with van der Waals surface area (Å²) in [4.78, 5) is 7.89. The lowest BCUT2D eigenvalue weighted by Crippen LogP contribution is -2.17. The van der Waals surface area contributed by atoms with Crippen LogP contribution >= 0.6 is 11.6 Å². The van der Waals surface area contributed by atoms with Crippen LogP contribution in [0.4, 0.5) is 0 Å². The summed E-state index contributed by atoms with van der Waals surface area (Å²) in [5.41, 5.74) is 0.779. The Labute approximate surface area is 87.2 Å². The molecule has 0 radical (unpaired) electrons. The smallest absolute Gasteiger partial charge is 0.221 e. The molecule has 1 aliphatic heterocycles. The number of nitrogens with zero attached hydrogens (tertiary/aromatic N) is 2. The average Bonchev–Trinajstić information content (AvgIpc) is 2.66. The maximum absolute atomic E-state index is 5.84. The van der Waals surface area contributed by atoms with Crippen molar-refractivity contribution in [1.82, 2.24) is 9.97 Å². The van der Waals surface area contributed by atoms with Crippen LogP contribution in [0.5, 0.6) is 5.88 Å². The number of hydrogen-bond donors (Lipinski definition) is 0. The number of ether oxygens (including phenoxy) is 2. The Kier molecular flexibility index (Phi) is 2.84. The van der Waals surface area contributed by atoms with E-state index in [2.05, 4.69) is 9.97 Å². The summed E-state index contributed by atoms with van der Waals surface area (Å²) in [7, 11) is 0. The molecule has 1 aromatic rings. The third kappa shape index (κ3) is 1.96. The predicted octanol–water partition coefficient (Wildman–Crippen LogP) is 1.61. The molecule has 1 saturated heterocycles. The topological polar surface area (TPSA) is 44.2 Å².